The van der Waals surface area contributed by atoms with Gasteiger partial charge >= 0.3 is 0 Å². The van der Waals surface area contributed by atoms with Crippen molar-refractivity contribution in [2.45, 2.75) is 124 Å². The fourth-order valence-corrected chi connectivity index (χ4v) is 13.7. The van der Waals surface area contributed by atoms with Gasteiger partial charge in [0.2, 0.25) is 0 Å². The molecule has 0 unspecified atom stereocenters. The number of ether oxygens (including phenoxy) is 1. The van der Waals surface area contributed by atoms with Crippen LogP contribution in [0.5, 0.6) is 5.75 Å². The third-order valence-corrected chi connectivity index (χ3v) is 15.9. The molecule has 0 bridgehead atoms. The number of benzene rings is 1. The van der Waals surface area contributed by atoms with Gasteiger partial charge in [0, 0.05) is 18.6 Å². The van der Waals surface area contributed by atoms with Crippen LogP contribution in [0.2, 0.25) is 0 Å². The van der Waals surface area contributed by atoms with Gasteiger partial charge in [0.15, 0.2) is 0 Å². The molecule has 246 valence electrons. The second kappa shape index (κ2) is 11.4. The van der Waals surface area contributed by atoms with Crippen molar-refractivity contribution >= 4 is 6.47 Å². The summed E-state index contributed by atoms with van der Waals surface area (Å²) in [5.41, 5.74) is 3.25. The van der Waals surface area contributed by atoms with Gasteiger partial charge in [-0.05, 0) is 159 Å². The van der Waals surface area contributed by atoms with Crippen LogP contribution >= 0.6 is 0 Å². The lowest BCUT2D eigenvalue weighted by Gasteiger charge is -2.73. The quantitative estimate of drug-likeness (QED) is 0.301. The molecule has 0 radical (unpaired) electrons. The zero-order valence-corrected chi connectivity index (χ0v) is 29.7. The van der Waals surface area contributed by atoms with E-state index in [-0.39, 0.29) is 5.41 Å². The zero-order chi connectivity index (χ0) is 31.7. The molecule has 0 aromatic heterocycles. The van der Waals surface area contributed by atoms with Crippen molar-refractivity contribution in [3.8, 4) is 5.75 Å². The van der Waals surface area contributed by atoms with E-state index in [1.54, 1.807) is 0 Å². The Balaban J connectivity index is 1.29. The van der Waals surface area contributed by atoms with E-state index in [4.69, 9.17) is 4.74 Å². The number of fused-ring (bicyclic) bond motifs is 7. The van der Waals surface area contributed by atoms with Crippen LogP contribution in [0.1, 0.15) is 124 Å². The highest BCUT2D eigenvalue weighted by atomic mass is 16.5. The van der Waals surface area contributed by atoms with Gasteiger partial charge in [0.05, 0.1) is 0 Å². The molecule has 1 aromatic carbocycles. The largest absolute Gasteiger partial charge is 0.429 e. The fourth-order valence-electron chi connectivity index (χ4n) is 13.7. The molecule has 0 aliphatic heterocycles. The first-order chi connectivity index (χ1) is 20.7. The summed E-state index contributed by atoms with van der Waals surface area (Å²) in [6.07, 6.45) is 13.8. The molecule has 0 saturated heterocycles. The van der Waals surface area contributed by atoms with E-state index in [0.29, 0.717) is 39.9 Å². The second-order valence-corrected chi connectivity index (χ2v) is 18.2. The van der Waals surface area contributed by atoms with E-state index in [1.165, 1.54) is 69.8 Å². The maximum Gasteiger partial charge on any atom is 0.298 e. The van der Waals surface area contributed by atoms with Gasteiger partial charge in [-0.25, -0.2) is 0 Å². The van der Waals surface area contributed by atoms with Gasteiger partial charge in [0.1, 0.15) is 5.75 Å². The Hall–Kier alpha value is -1.39. The Labute approximate surface area is 269 Å². The highest BCUT2D eigenvalue weighted by Crippen LogP contribution is 2.77. The van der Waals surface area contributed by atoms with Crippen molar-refractivity contribution in [3.05, 3.63) is 29.8 Å². The maximum absolute atomic E-state index is 10.9. The lowest BCUT2D eigenvalue weighted by atomic mass is 9.32. The number of carbonyl (C=O) groups is 1. The molecule has 4 heteroatoms. The van der Waals surface area contributed by atoms with E-state index in [1.807, 2.05) is 12.1 Å². The van der Waals surface area contributed by atoms with Crippen molar-refractivity contribution in [2.75, 3.05) is 27.2 Å². The van der Waals surface area contributed by atoms with Crippen LogP contribution in [0.3, 0.4) is 0 Å². The standard InChI is InChI=1S/C40H64N2O2/c1-27(2)30-16-21-40(41-24-25-42(8)9)23-22-38(6)32(35(30)40)14-15-34-37(5)19-17-31(28-10-12-29(13-11-28)44-26-43)36(3,4)33(37)18-20-39(34,38)7/h10-13,26-27,30-35,41H,14-25H2,1-9H3/t30-,31+,32+,33-,34+,35+,37-,38+,39+,40-/m0/s1. The molecule has 10 atom stereocenters. The molecule has 0 amide bonds. The van der Waals surface area contributed by atoms with Gasteiger partial charge in [-0.3, -0.25) is 4.79 Å². The third-order valence-electron chi connectivity index (χ3n) is 15.9. The van der Waals surface area contributed by atoms with Crippen LogP contribution in [-0.2, 0) is 4.79 Å². The number of likely N-dealkylation sites (N-methyl/N-ethyl adjacent to an activating group) is 1. The Morgan fingerprint density at radius 2 is 1.59 bits per heavy atom. The monoisotopic (exact) mass is 604 g/mol. The summed E-state index contributed by atoms with van der Waals surface area (Å²) < 4.78 is 5.12. The predicted octanol–water partition coefficient (Wildman–Crippen LogP) is 8.95. The average Bonchev–Trinajstić information content (AvgIpc) is 3.34. The van der Waals surface area contributed by atoms with Crippen molar-refractivity contribution in [2.24, 2.45) is 57.2 Å². The van der Waals surface area contributed by atoms with Crippen LogP contribution < -0.4 is 10.1 Å². The van der Waals surface area contributed by atoms with Gasteiger partial charge in [-0.2, -0.15) is 0 Å². The van der Waals surface area contributed by atoms with Gasteiger partial charge in [-0.1, -0.05) is 60.6 Å². The van der Waals surface area contributed by atoms with E-state index >= 15 is 0 Å². The molecule has 6 rings (SSSR count). The van der Waals surface area contributed by atoms with E-state index < -0.39 is 0 Å². The number of carbonyl (C=O) groups excluding carboxylic acids is 1. The SMILES string of the molecule is CC(C)[C@@H]1CC[C@]2(NCCN(C)C)CC[C@]3(C)[C@H](CC[C@@H]4[C@@]5(C)CC[C@H](c6ccc(OC=O)cc6)C(C)(C)[C@@H]5CC[C@]43C)[C@@H]12. The molecule has 5 aliphatic carbocycles. The molecule has 1 N–H and O–H groups in total. The minimum atomic E-state index is 0.241. The first-order valence-electron chi connectivity index (χ1n) is 18.3. The highest BCUT2D eigenvalue weighted by molar-refractivity contribution is 5.45. The first-order valence-corrected chi connectivity index (χ1v) is 18.3. The van der Waals surface area contributed by atoms with Crippen molar-refractivity contribution < 1.29 is 9.53 Å². The Bertz CT molecular complexity index is 1190. The average molecular weight is 605 g/mol. The summed E-state index contributed by atoms with van der Waals surface area (Å²) >= 11 is 0. The molecule has 0 heterocycles. The summed E-state index contributed by atoms with van der Waals surface area (Å²) in [5.74, 6) is 6.05. The number of rotatable bonds is 8. The summed E-state index contributed by atoms with van der Waals surface area (Å²) in [7, 11) is 4.43. The second-order valence-electron chi connectivity index (χ2n) is 18.2. The topological polar surface area (TPSA) is 41.6 Å². The summed E-state index contributed by atoms with van der Waals surface area (Å²) in [6.45, 7) is 21.3. The van der Waals surface area contributed by atoms with E-state index in [9.17, 15) is 4.79 Å². The first kappa shape index (κ1) is 32.5. The van der Waals surface area contributed by atoms with Crippen LogP contribution in [0.15, 0.2) is 24.3 Å². The number of nitrogens with zero attached hydrogens (tertiary/aromatic N) is 1. The van der Waals surface area contributed by atoms with E-state index in [2.05, 4.69) is 84.9 Å². The van der Waals surface area contributed by atoms with Crippen LogP contribution in [-0.4, -0.2) is 44.1 Å². The minimum absolute atomic E-state index is 0.241. The summed E-state index contributed by atoms with van der Waals surface area (Å²) in [4.78, 5) is 13.2. The molecule has 44 heavy (non-hydrogen) atoms. The third kappa shape index (κ3) is 4.77. The molecule has 5 saturated carbocycles. The number of hydrogen-bond donors (Lipinski definition) is 1. The molecular weight excluding hydrogens is 540 g/mol. The normalized spacial score (nSPS) is 44.4. The fraction of sp³-hybridized carbons (Fsp3) is 0.825. The van der Waals surface area contributed by atoms with Crippen LogP contribution in [0, 0.1) is 57.2 Å². The maximum atomic E-state index is 10.9. The van der Waals surface area contributed by atoms with Gasteiger partial charge < -0.3 is 15.0 Å². The lowest BCUT2D eigenvalue weighted by molar-refractivity contribution is -0.235. The molecule has 0 spiro atoms. The molecular formula is C40H64N2O2. The summed E-state index contributed by atoms with van der Waals surface area (Å²) in [5, 5.41) is 4.28. The van der Waals surface area contributed by atoms with Crippen molar-refractivity contribution in [1.29, 1.82) is 0 Å². The smallest absolute Gasteiger partial charge is 0.298 e. The Morgan fingerprint density at radius 1 is 0.864 bits per heavy atom. The number of nitrogens with one attached hydrogen (secondary N) is 1. The Morgan fingerprint density at radius 3 is 2.25 bits per heavy atom. The van der Waals surface area contributed by atoms with Crippen LogP contribution in [0.4, 0.5) is 0 Å². The molecule has 4 nitrogen and oxygen atoms in total. The van der Waals surface area contributed by atoms with Gasteiger partial charge in [0.25, 0.3) is 6.47 Å². The van der Waals surface area contributed by atoms with Crippen molar-refractivity contribution in [3.63, 3.8) is 0 Å². The summed E-state index contributed by atoms with van der Waals surface area (Å²) in [6, 6.07) is 8.42. The van der Waals surface area contributed by atoms with Crippen molar-refractivity contribution in [1.82, 2.24) is 10.2 Å². The molecule has 5 aliphatic rings. The lowest BCUT2D eigenvalue weighted by Crippen LogP contribution is -2.68. The minimum Gasteiger partial charge on any atom is -0.429 e. The molecule has 1 aromatic rings. The van der Waals surface area contributed by atoms with Crippen LogP contribution in [0.25, 0.3) is 0 Å². The van der Waals surface area contributed by atoms with Gasteiger partial charge in [-0.15, -0.1) is 0 Å². The molecule has 5 fully saturated rings. The Kier molecular flexibility index (Phi) is 8.43. The highest BCUT2D eigenvalue weighted by Gasteiger charge is 2.70. The predicted molar refractivity (Wildman–Crippen MR) is 182 cm³/mol. The number of hydrogen-bond acceptors (Lipinski definition) is 4. The zero-order valence-electron chi connectivity index (χ0n) is 29.7. The van der Waals surface area contributed by atoms with E-state index in [0.717, 1.165) is 48.6 Å².